The van der Waals surface area contributed by atoms with Crippen LogP contribution in [0, 0.1) is 5.92 Å². The minimum Gasteiger partial charge on any atom is -0.382 e. The Labute approximate surface area is 118 Å². The maximum atomic E-state index is 5.54. The van der Waals surface area contributed by atoms with Gasteiger partial charge in [-0.3, -0.25) is 0 Å². The second-order valence-electron chi connectivity index (χ2n) is 5.29. The average Bonchev–Trinajstić information content (AvgIpc) is 2.45. The van der Waals surface area contributed by atoms with Crippen molar-refractivity contribution in [3.05, 3.63) is 29.8 Å². The van der Waals surface area contributed by atoms with Crippen molar-refractivity contribution < 1.29 is 4.74 Å². The van der Waals surface area contributed by atoms with Crippen LogP contribution in [0.4, 0.5) is 5.69 Å². The van der Waals surface area contributed by atoms with Gasteiger partial charge in [-0.25, -0.2) is 0 Å². The number of nitrogens with one attached hydrogen (secondary N) is 1. The highest BCUT2D eigenvalue weighted by Gasteiger charge is 2.12. The van der Waals surface area contributed by atoms with Crippen LogP contribution in [0.25, 0.3) is 0 Å². The van der Waals surface area contributed by atoms with E-state index in [0.717, 1.165) is 18.9 Å². The fourth-order valence-electron chi connectivity index (χ4n) is 2.20. The van der Waals surface area contributed by atoms with Gasteiger partial charge in [0.1, 0.15) is 0 Å². The van der Waals surface area contributed by atoms with Crippen molar-refractivity contribution in [2.45, 2.75) is 59.6 Å². The van der Waals surface area contributed by atoms with E-state index < -0.39 is 0 Å². The molecule has 0 bridgehead atoms. The third-order valence-corrected chi connectivity index (χ3v) is 3.72. The highest BCUT2D eigenvalue weighted by atomic mass is 16.5. The quantitative estimate of drug-likeness (QED) is 0.687. The minimum atomic E-state index is 0.553. The molecular formula is C17H29NO. The maximum Gasteiger partial charge on any atom is 0.0736 e. The summed E-state index contributed by atoms with van der Waals surface area (Å²) in [5, 5.41) is 3.69. The first-order chi connectivity index (χ1) is 9.21. The summed E-state index contributed by atoms with van der Waals surface area (Å²) in [7, 11) is 0. The van der Waals surface area contributed by atoms with Crippen LogP contribution in [0.3, 0.4) is 0 Å². The van der Waals surface area contributed by atoms with Gasteiger partial charge < -0.3 is 10.1 Å². The summed E-state index contributed by atoms with van der Waals surface area (Å²) < 4.78 is 5.54. The third kappa shape index (κ3) is 5.65. The predicted molar refractivity (Wildman–Crippen MR) is 83.5 cm³/mol. The van der Waals surface area contributed by atoms with Gasteiger partial charge in [0.05, 0.1) is 6.61 Å². The molecule has 0 aromatic heterocycles. The summed E-state index contributed by atoms with van der Waals surface area (Å²) >= 11 is 0. The van der Waals surface area contributed by atoms with Crippen molar-refractivity contribution in [1.29, 1.82) is 0 Å². The summed E-state index contributed by atoms with van der Waals surface area (Å²) in [5.41, 5.74) is 2.48. The Balaban J connectivity index is 2.67. The standard InChI is InChI=1S/C17H29NO/c1-5-14(4)12-16(6-2)18-17-11-9-8-10-15(17)13-19-7-3/h8-11,14,16,18H,5-7,12-13H2,1-4H3. The normalized spacial score (nSPS) is 14.1. The van der Waals surface area contributed by atoms with Gasteiger partial charge in [0.2, 0.25) is 0 Å². The van der Waals surface area contributed by atoms with E-state index in [-0.39, 0.29) is 0 Å². The first kappa shape index (κ1) is 16.0. The monoisotopic (exact) mass is 263 g/mol. The van der Waals surface area contributed by atoms with Gasteiger partial charge in [0.15, 0.2) is 0 Å². The van der Waals surface area contributed by atoms with Crippen LogP contribution in [-0.2, 0) is 11.3 Å². The van der Waals surface area contributed by atoms with E-state index in [0.29, 0.717) is 12.6 Å². The van der Waals surface area contributed by atoms with E-state index in [1.54, 1.807) is 0 Å². The molecule has 108 valence electrons. The summed E-state index contributed by atoms with van der Waals surface area (Å²) in [4.78, 5) is 0. The molecule has 2 unspecified atom stereocenters. The third-order valence-electron chi connectivity index (χ3n) is 3.72. The van der Waals surface area contributed by atoms with E-state index in [4.69, 9.17) is 4.74 Å². The molecule has 1 N–H and O–H groups in total. The number of benzene rings is 1. The molecule has 0 aliphatic carbocycles. The molecule has 2 nitrogen and oxygen atoms in total. The Morgan fingerprint density at radius 2 is 1.84 bits per heavy atom. The zero-order valence-electron chi connectivity index (χ0n) is 12.9. The molecule has 2 heteroatoms. The molecule has 0 amide bonds. The molecule has 0 aliphatic rings. The Bertz CT molecular complexity index is 351. The van der Waals surface area contributed by atoms with Crippen LogP contribution in [-0.4, -0.2) is 12.6 Å². The number of hydrogen-bond acceptors (Lipinski definition) is 2. The van der Waals surface area contributed by atoms with Crippen molar-refractivity contribution in [2.24, 2.45) is 5.92 Å². The number of hydrogen-bond donors (Lipinski definition) is 1. The number of ether oxygens (including phenoxy) is 1. The molecule has 1 aromatic carbocycles. The summed E-state index contributed by atoms with van der Waals surface area (Å²) in [5.74, 6) is 0.775. The Morgan fingerprint density at radius 1 is 1.11 bits per heavy atom. The van der Waals surface area contributed by atoms with Gasteiger partial charge in [-0.2, -0.15) is 0 Å². The number of anilines is 1. The van der Waals surface area contributed by atoms with Gasteiger partial charge >= 0.3 is 0 Å². The largest absolute Gasteiger partial charge is 0.382 e. The molecule has 0 spiro atoms. The van der Waals surface area contributed by atoms with Crippen LogP contribution in [0.5, 0.6) is 0 Å². The fourth-order valence-corrected chi connectivity index (χ4v) is 2.20. The van der Waals surface area contributed by atoms with Crippen LogP contribution in [0.1, 0.15) is 52.5 Å². The maximum absolute atomic E-state index is 5.54. The zero-order valence-corrected chi connectivity index (χ0v) is 12.9. The molecule has 0 saturated carbocycles. The van der Waals surface area contributed by atoms with Crippen molar-refractivity contribution in [3.8, 4) is 0 Å². The Morgan fingerprint density at radius 3 is 2.47 bits per heavy atom. The lowest BCUT2D eigenvalue weighted by atomic mass is 9.97. The lowest BCUT2D eigenvalue weighted by Crippen LogP contribution is -2.22. The molecule has 2 atom stereocenters. The topological polar surface area (TPSA) is 21.3 Å². The van der Waals surface area contributed by atoms with Crippen LogP contribution >= 0.6 is 0 Å². The molecule has 0 heterocycles. The van der Waals surface area contributed by atoms with E-state index in [2.05, 4.69) is 50.4 Å². The van der Waals surface area contributed by atoms with Crippen LogP contribution < -0.4 is 5.32 Å². The minimum absolute atomic E-state index is 0.553. The molecular weight excluding hydrogens is 234 g/mol. The lowest BCUT2D eigenvalue weighted by molar-refractivity contribution is 0.134. The van der Waals surface area contributed by atoms with Crippen molar-refractivity contribution in [2.75, 3.05) is 11.9 Å². The van der Waals surface area contributed by atoms with Crippen molar-refractivity contribution >= 4 is 5.69 Å². The first-order valence-electron chi connectivity index (χ1n) is 7.63. The van der Waals surface area contributed by atoms with Crippen molar-refractivity contribution in [3.63, 3.8) is 0 Å². The lowest BCUT2D eigenvalue weighted by Gasteiger charge is -2.23. The number of para-hydroxylation sites is 1. The molecule has 0 aliphatic heterocycles. The summed E-state index contributed by atoms with van der Waals surface area (Å²) in [6.07, 6.45) is 3.64. The van der Waals surface area contributed by atoms with Gasteiger partial charge in [-0.1, -0.05) is 45.4 Å². The SMILES string of the molecule is CCOCc1ccccc1NC(CC)CC(C)CC. The van der Waals surface area contributed by atoms with E-state index in [1.165, 1.54) is 24.1 Å². The zero-order chi connectivity index (χ0) is 14.1. The average molecular weight is 263 g/mol. The van der Waals surface area contributed by atoms with Crippen LogP contribution in [0.2, 0.25) is 0 Å². The molecule has 0 saturated heterocycles. The fraction of sp³-hybridized carbons (Fsp3) is 0.647. The second-order valence-corrected chi connectivity index (χ2v) is 5.29. The summed E-state index contributed by atoms with van der Waals surface area (Å²) in [6, 6.07) is 9.03. The highest BCUT2D eigenvalue weighted by molar-refractivity contribution is 5.51. The Kier molecular flexibility index (Phi) is 7.57. The second kappa shape index (κ2) is 8.98. The van der Waals surface area contributed by atoms with E-state index in [1.807, 2.05) is 6.92 Å². The molecule has 0 radical (unpaired) electrons. The first-order valence-corrected chi connectivity index (χ1v) is 7.63. The number of rotatable bonds is 9. The molecule has 19 heavy (non-hydrogen) atoms. The smallest absolute Gasteiger partial charge is 0.0736 e. The Hall–Kier alpha value is -1.02. The molecule has 0 fully saturated rings. The van der Waals surface area contributed by atoms with Gasteiger partial charge in [0.25, 0.3) is 0 Å². The predicted octanol–water partition coefficient (Wildman–Crippen LogP) is 4.85. The van der Waals surface area contributed by atoms with E-state index >= 15 is 0 Å². The molecule has 1 rings (SSSR count). The van der Waals surface area contributed by atoms with Gasteiger partial charge in [0, 0.05) is 23.9 Å². The van der Waals surface area contributed by atoms with Crippen LogP contribution in [0.15, 0.2) is 24.3 Å². The van der Waals surface area contributed by atoms with Gasteiger partial charge in [-0.15, -0.1) is 0 Å². The highest BCUT2D eigenvalue weighted by Crippen LogP contribution is 2.21. The van der Waals surface area contributed by atoms with Gasteiger partial charge in [-0.05, 0) is 31.7 Å². The summed E-state index contributed by atoms with van der Waals surface area (Å²) in [6.45, 7) is 10.3. The van der Waals surface area contributed by atoms with E-state index in [9.17, 15) is 0 Å². The van der Waals surface area contributed by atoms with Crippen molar-refractivity contribution in [1.82, 2.24) is 0 Å². The molecule has 1 aromatic rings.